The number of carbonyl (C=O) groups excluding carboxylic acids is 1. The number of morpholine rings is 1. The first-order chi connectivity index (χ1) is 15.8. The summed E-state index contributed by atoms with van der Waals surface area (Å²) < 4.78 is 53.8. The number of fused-ring (bicyclic) bond motifs is 3. The van der Waals surface area contributed by atoms with Crippen molar-refractivity contribution in [2.24, 2.45) is 0 Å². The molecule has 33 heavy (non-hydrogen) atoms. The van der Waals surface area contributed by atoms with Crippen LogP contribution in [0, 0.1) is 0 Å². The lowest BCUT2D eigenvalue weighted by Crippen LogP contribution is -2.54. The van der Waals surface area contributed by atoms with Gasteiger partial charge in [-0.25, -0.2) is 4.98 Å². The fourth-order valence-corrected chi connectivity index (χ4v) is 4.81. The summed E-state index contributed by atoms with van der Waals surface area (Å²) in [6.07, 6.45) is -2.75. The highest BCUT2D eigenvalue weighted by atomic mass is 19.4. The first-order valence-corrected chi connectivity index (χ1v) is 10.6. The van der Waals surface area contributed by atoms with E-state index in [1.54, 1.807) is 0 Å². The maximum Gasteiger partial charge on any atom is 0.408 e. The molecule has 0 aliphatic carbocycles. The highest BCUT2D eigenvalue weighted by Gasteiger charge is 2.48. The zero-order valence-corrected chi connectivity index (χ0v) is 17.8. The Morgan fingerprint density at radius 2 is 2.18 bits per heavy atom. The number of nitrogens with zero attached hydrogens (tertiary/aromatic N) is 5. The van der Waals surface area contributed by atoms with Crippen molar-refractivity contribution < 1.29 is 27.4 Å². The molecule has 0 amide bonds. The number of aromatic nitrogens is 3. The molecule has 0 N–H and O–H groups in total. The molecule has 5 heterocycles. The van der Waals surface area contributed by atoms with Crippen LogP contribution >= 0.6 is 0 Å². The Bertz CT molecular complexity index is 1140. The van der Waals surface area contributed by atoms with E-state index in [4.69, 9.17) is 9.47 Å². The van der Waals surface area contributed by atoms with Crippen molar-refractivity contribution in [1.82, 2.24) is 14.5 Å². The average molecular weight is 465 g/mol. The van der Waals surface area contributed by atoms with Crippen LogP contribution in [0.25, 0.3) is 0 Å². The third-order valence-corrected chi connectivity index (χ3v) is 6.39. The molecule has 5 rings (SSSR count). The molecule has 0 unspecified atom stereocenters. The zero-order valence-electron chi connectivity index (χ0n) is 17.8. The lowest BCUT2D eigenvalue weighted by atomic mass is 10.1. The second-order valence-electron chi connectivity index (χ2n) is 8.36. The SMILES string of the molecule is COc1ncccc1C(=O)CN1c2nc(N3C[C@@H]4C[C@H]3CO4)cc(=O)n2CC[C@H]1C(F)(F)F. The minimum atomic E-state index is -4.61. The first-order valence-electron chi connectivity index (χ1n) is 10.6. The van der Waals surface area contributed by atoms with Gasteiger partial charge < -0.3 is 19.3 Å². The molecule has 2 aromatic rings. The third kappa shape index (κ3) is 3.81. The number of hydrogen-bond donors (Lipinski definition) is 0. The van der Waals surface area contributed by atoms with Gasteiger partial charge in [0, 0.05) is 25.4 Å². The van der Waals surface area contributed by atoms with E-state index in [0.717, 1.165) is 11.3 Å². The molecule has 2 saturated heterocycles. The molecule has 3 aliphatic heterocycles. The summed E-state index contributed by atoms with van der Waals surface area (Å²) >= 11 is 0. The van der Waals surface area contributed by atoms with Crippen molar-refractivity contribution in [2.75, 3.05) is 36.6 Å². The third-order valence-electron chi connectivity index (χ3n) is 6.39. The van der Waals surface area contributed by atoms with Crippen LogP contribution in [-0.2, 0) is 11.3 Å². The Morgan fingerprint density at radius 1 is 1.36 bits per heavy atom. The topological polar surface area (TPSA) is 89.8 Å². The molecule has 2 bridgehead atoms. The first kappa shape index (κ1) is 21.7. The Balaban J connectivity index is 1.55. The van der Waals surface area contributed by atoms with E-state index in [1.807, 2.05) is 4.90 Å². The second-order valence-corrected chi connectivity index (χ2v) is 8.36. The Labute approximate surface area is 186 Å². The van der Waals surface area contributed by atoms with Crippen LogP contribution in [-0.4, -0.2) is 71.5 Å². The van der Waals surface area contributed by atoms with Crippen molar-refractivity contribution in [2.45, 2.75) is 43.8 Å². The summed E-state index contributed by atoms with van der Waals surface area (Å²) in [4.78, 5) is 37.1. The van der Waals surface area contributed by atoms with Crippen LogP contribution in [0.15, 0.2) is 29.2 Å². The van der Waals surface area contributed by atoms with E-state index in [-0.39, 0.29) is 42.5 Å². The van der Waals surface area contributed by atoms with Crippen LogP contribution in [0.1, 0.15) is 23.2 Å². The number of ketones is 1. The molecule has 3 atom stereocenters. The maximum absolute atomic E-state index is 14.0. The second kappa shape index (κ2) is 8.01. The summed E-state index contributed by atoms with van der Waals surface area (Å²) in [5, 5.41) is 0. The number of pyridine rings is 1. The van der Waals surface area contributed by atoms with Gasteiger partial charge in [-0.3, -0.25) is 14.2 Å². The number of methoxy groups -OCH3 is 1. The van der Waals surface area contributed by atoms with Gasteiger partial charge in [-0.15, -0.1) is 0 Å². The molecule has 176 valence electrons. The molecular formula is C21H22F3N5O4. The van der Waals surface area contributed by atoms with Crippen molar-refractivity contribution >= 4 is 17.5 Å². The number of anilines is 2. The van der Waals surface area contributed by atoms with Gasteiger partial charge in [0.25, 0.3) is 5.56 Å². The fraction of sp³-hybridized carbons (Fsp3) is 0.524. The molecule has 12 heteroatoms. The summed E-state index contributed by atoms with van der Waals surface area (Å²) in [6, 6.07) is 2.37. The Morgan fingerprint density at radius 3 is 2.85 bits per heavy atom. The summed E-state index contributed by atoms with van der Waals surface area (Å²) in [5.74, 6) is -0.446. The van der Waals surface area contributed by atoms with Crippen molar-refractivity contribution in [1.29, 1.82) is 0 Å². The van der Waals surface area contributed by atoms with Crippen molar-refractivity contribution in [3.63, 3.8) is 0 Å². The Hall–Kier alpha value is -3.15. The van der Waals surface area contributed by atoms with Crippen LogP contribution in [0.4, 0.5) is 24.9 Å². The van der Waals surface area contributed by atoms with Gasteiger partial charge in [-0.2, -0.15) is 18.2 Å². The van der Waals surface area contributed by atoms with Crippen LogP contribution in [0.5, 0.6) is 5.88 Å². The molecule has 0 aromatic carbocycles. The number of halogens is 3. The maximum atomic E-state index is 14.0. The van der Waals surface area contributed by atoms with Crippen molar-refractivity contribution in [3.8, 4) is 5.88 Å². The smallest absolute Gasteiger partial charge is 0.408 e. The lowest BCUT2D eigenvalue weighted by Gasteiger charge is -2.39. The van der Waals surface area contributed by atoms with E-state index in [1.165, 1.54) is 36.1 Å². The molecule has 0 spiro atoms. The number of carbonyl (C=O) groups is 1. The number of alkyl halides is 3. The van der Waals surface area contributed by atoms with Gasteiger partial charge in [0.1, 0.15) is 11.9 Å². The molecular weight excluding hydrogens is 443 g/mol. The fourth-order valence-electron chi connectivity index (χ4n) is 4.81. The number of rotatable bonds is 5. The summed E-state index contributed by atoms with van der Waals surface area (Å²) in [6.45, 7) is 0.243. The predicted octanol–water partition coefficient (Wildman–Crippen LogP) is 1.65. The predicted molar refractivity (Wildman–Crippen MR) is 111 cm³/mol. The lowest BCUT2D eigenvalue weighted by molar-refractivity contribution is -0.152. The van der Waals surface area contributed by atoms with Crippen LogP contribution < -0.4 is 20.1 Å². The standard InChI is InChI=1S/C21H22F3N5O4/c1-32-19-14(3-2-5-25-19)15(30)10-29-16(21(22,23)24)4-6-27-18(31)8-17(26-20(27)29)28-9-13-7-12(28)11-33-13/h2-3,5,8,12-13,16H,4,6-7,9-11H2,1H3/t12-,13-,16-/m0/s1. The van der Waals surface area contributed by atoms with E-state index in [2.05, 4.69) is 9.97 Å². The highest BCUT2D eigenvalue weighted by molar-refractivity contribution is 6.01. The van der Waals surface area contributed by atoms with E-state index in [9.17, 15) is 22.8 Å². The van der Waals surface area contributed by atoms with E-state index >= 15 is 0 Å². The van der Waals surface area contributed by atoms with Gasteiger partial charge in [0.05, 0.1) is 38.0 Å². The number of Topliss-reactive ketones (excluding diaryl/α,β-unsaturated/α-hetero) is 1. The van der Waals surface area contributed by atoms with Gasteiger partial charge in [0.15, 0.2) is 5.78 Å². The molecule has 2 aromatic heterocycles. The van der Waals surface area contributed by atoms with Crippen LogP contribution in [0.3, 0.4) is 0 Å². The van der Waals surface area contributed by atoms with Crippen molar-refractivity contribution in [3.05, 3.63) is 40.3 Å². The van der Waals surface area contributed by atoms with Crippen LogP contribution in [0.2, 0.25) is 0 Å². The summed E-state index contributed by atoms with van der Waals surface area (Å²) in [7, 11) is 1.33. The molecule has 3 aliphatic rings. The molecule has 2 fully saturated rings. The minimum absolute atomic E-state index is 0.0224. The van der Waals surface area contributed by atoms with Gasteiger partial charge in [-0.05, 0) is 25.0 Å². The monoisotopic (exact) mass is 465 g/mol. The summed E-state index contributed by atoms with van der Waals surface area (Å²) in [5.41, 5.74) is -0.388. The Kier molecular flexibility index (Phi) is 5.26. The van der Waals surface area contributed by atoms with Gasteiger partial charge >= 0.3 is 6.18 Å². The van der Waals surface area contributed by atoms with E-state index < -0.39 is 30.1 Å². The minimum Gasteiger partial charge on any atom is -0.480 e. The largest absolute Gasteiger partial charge is 0.480 e. The van der Waals surface area contributed by atoms with E-state index in [0.29, 0.717) is 19.0 Å². The highest BCUT2D eigenvalue weighted by Crippen LogP contribution is 2.36. The zero-order chi connectivity index (χ0) is 23.3. The average Bonchev–Trinajstić information content (AvgIpc) is 3.42. The van der Waals surface area contributed by atoms with Gasteiger partial charge in [0.2, 0.25) is 11.8 Å². The molecule has 0 radical (unpaired) electrons. The molecule has 0 saturated carbocycles. The quantitative estimate of drug-likeness (QED) is 0.616. The normalized spacial score (nSPS) is 24.2. The number of ether oxygens (including phenoxy) is 2. The number of hydrogen-bond acceptors (Lipinski definition) is 8. The molecule has 9 nitrogen and oxygen atoms in total. The van der Waals surface area contributed by atoms with Gasteiger partial charge in [-0.1, -0.05) is 0 Å².